The molecule has 9 nitrogen and oxygen atoms in total. The number of fused-ring (bicyclic) bond motifs is 1. The molecule has 3 aromatic heterocycles. The van der Waals surface area contributed by atoms with Gasteiger partial charge in [0.25, 0.3) is 5.43 Å². The highest BCUT2D eigenvalue weighted by Gasteiger charge is 2.18. The minimum Gasteiger partial charge on any atom is -0.299 e. The lowest BCUT2D eigenvalue weighted by atomic mass is 10.2. The van der Waals surface area contributed by atoms with Gasteiger partial charge in [0.05, 0.1) is 21.2 Å². The molecule has 0 aliphatic heterocycles. The summed E-state index contributed by atoms with van der Waals surface area (Å²) < 4.78 is 16.8. The fraction of sp³-hybridized carbons (Fsp3) is 0. The number of nitrogens with zero attached hydrogens (tertiary/aromatic N) is 6. The van der Waals surface area contributed by atoms with Crippen molar-refractivity contribution in [3.05, 3.63) is 79.4 Å². The van der Waals surface area contributed by atoms with E-state index in [9.17, 15) is 19.3 Å². The summed E-state index contributed by atoms with van der Waals surface area (Å²) in [5.74, 6) is -0.0519. The Hall–Kier alpha value is -3.47. The van der Waals surface area contributed by atoms with E-state index in [-0.39, 0.29) is 21.7 Å². The SMILES string of the molecule is O=c1c(Br)cn(-c2ccc3nnc(-c4ccccc4F)n3n2)cc1[N+](=O)[O-]. The average Bonchev–Trinajstić information content (AvgIpc) is 3.07. The lowest BCUT2D eigenvalue weighted by Crippen LogP contribution is -2.13. The molecule has 3 heterocycles. The summed E-state index contributed by atoms with van der Waals surface area (Å²) in [5.41, 5.74) is -0.772. The largest absolute Gasteiger partial charge is 0.333 e. The van der Waals surface area contributed by atoms with Crippen LogP contribution in [-0.4, -0.2) is 29.3 Å². The van der Waals surface area contributed by atoms with Crippen LogP contribution in [0.1, 0.15) is 0 Å². The van der Waals surface area contributed by atoms with Gasteiger partial charge in [-0.2, -0.15) is 4.52 Å². The maximum absolute atomic E-state index is 14.1. The van der Waals surface area contributed by atoms with E-state index in [0.29, 0.717) is 5.65 Å². The summed E-state index contributed by atoms with van der Waals surface area (Å²) in [6.07, 6.45) is 2.42. The second kappa shape index (κ2) is 6.36. The van der Waals surface area contributed by atoms with Gasteiger partial charge in [-0.05, 0) is 40.2 Å². The Morgan fingerprint density at radius 3 is 2.63 bits per heavy atom. The van der Waals surface area contributed by atoms with Crippen LogP contribution in [-0.2, 0) is 0 Å². The minimum atomic E-state index is -0.772. The molecule has 0 amide bonds. The Labute approximate surface area is 158 Å². The van der Waals surface area contributed by atoms with Gasteiger partial charge in [0.2, 0.25) is 0 Å². The second-order valence-corrected chi connectivity index (χ2v) is 6.30. The first-order chi connectivity index (χ1) is 13.0. The van der Waals surface area contributed by atoms with Crippen molar-refractivity contribution in [1.29, 1.82) is 0 Å². The molecule has 0 unspecified atom stereocenters. The number of aromatic nitrogens is 5. The molecule has 0 saturated carbocycles. The van der Waals surface area contributed by atoms with Crippen LogP contribution in [0, 0.1) is 15.9 Å². The van der Waals surface area contributed by atoms with E-state index in [1.54, 1.807) is 30.3 Å². The molecule has 1 aromatic carbocycles. The maximum atomic E-state index is 14.1. The molecule has 4 aromatic rings. The number of rotatable bonds is 3. The topological polar surface area (TPSA) is 108 Å². The fourth-order valence-corrected chi connectivity index (χ4v) is 2.94. The third-order valence-electron chi connectivity index (χ3n) is 3.79. The van der Waals surface area contributed by atoms with Crippen molar-refractivity contribution in [2.24, 2.45) is 0 Å². The van der Waals surface area contributed by atoms with Crippen LogP contribution in [0.25, 0.3) is 22.9 Å². The second-order valence-electron chi connectivity index (χ2n) is 5.45. The molecule has 0 N–H and O–H groups in total. The molecule has 0 aliphatic carbocycles. The molecule has 0 fully saturated rings. The minimum absolute atomic E-state index is 0.0108. The van der Waals surface area contributed by atoms with E-state index in [4.69, 9.17) is 0 Å². The highest BCUT2D eigenvalue weighted by molar-refractivity contribution is 9.10. The van der Waals surface area contributed by atoms with E-state index < -0.39 is 21.9 Å². The van der Waals surface area contributed by atoms with Crippen molar-refractivity contribution in [3.8, 4) is 17.2 Å². The molecule has 0 radical (unpaired) electrons. The maximum Gasteiger partial charge on any atom is 0.333 e. The van der Waals surface area contributed by atoms with Crippen LogP contribution in [0.3, 0.4) is 0 Å². The zero-order chi connectivity index (χ0) is 19.1. The Bertz CT molecular complexity index is 1270. The lowest BCUT2D eigenvalue weighted by Gasteiger charge is -2.07. The van der Waals surface area contributed by atoms with Gasteiger partial charge in [-0.15, -0.1) is 15.3 Å². The summed E-state index contributed by atoms with van der Waals surface area (Å²) in [6.45, 7) is 0. The van der Waals surface area contributed by atoms with E-state index in [2.05, 4.69) is 31.2 Å². The zero-order valence-corrected chi connectivity index (χ0v) is 14.9. The third-order valence-corrected chi connectivity index (χ3v) is 4.35. The highest BCUT2D eigenvalue weighted by atomic mass is 79.9. The van der Waals surface area contributed by atoms with Crippen LogP contribution in [0.2, 0.25) is 0 Å². The van der Waals surface area contributed by atoms with Gasteiger partial charge < -0.3 is 0 Å². The molecular weight excluding hydrogens is 423 g/mol. The van der Waals surface area contributed by atoms with Gasteiger partial charge in [0.1, 0.15) is 5.82 Å². The Balaban J connectivity index is 1.93. The molecule has 0 atom stereocenters. The standard InChI is InChI=1S/C16H8BrFN6O3/c17-10-7-22(8-12(15(10)25)24(26)27)14-6-5-13-19-20-16(23(13)21-14)9-3-1-2-4-11(9)18/h1-8H. The summed E-state index contributed by atoms with van der Waals surface area (Å²) in [6, 6.07) is 9.18. The van der Waals surface area contributed by atoms with Crippen LogP contribution in [0.5, 0.6) is 0 Å². The van der Waals surface area contributed by atoms with Gasteiger partial charge in [-0.25, -0.2) is 4.39 Å². The highest BCUT2D eigenvalue weighted by Crippen LogP contribution is 2.22. The van der Waals surface area contributed by atoms with E-state index >= 15 is 0 Å². The molecule has 27 heavy (non-hydrogen) atoms. The molecule has 0 spiro atoms. The van der Waals surface area contributed by atoms with Gasteiger partial charge >= 0.3 is 5.69 Å². The van der Waals surface area contributed by atoms with Crippen molar-refractivity contribution >= 4 is 27.3 Å². The summed E-state index contributed by atoms with van der Waals surface area (Å²) in [4.78, 5) is 22.2. The monoisotopic (exact) mass is 430 g/mol. The quantitative estimate of drug-likeness (QED) is 0.365. The molecule has 4 rings (SSSR count). The third kappa shape index (κ3) is 2.87. The number of halogens is 2. The predicted octanol–water partition coefficient (Wildman–Crippen LogP) is 2.75. The normalized spacial score (nSPS) is 11.0. The van der Waals surface area contributed by atoms with Crippen molar-refractivity contribution in [1.82, 2.24) is 24.4 Å². The van der Waals surface area contributed by atoms with Crippen LogP contribution >= 0.6 is 15.9 Å². The average molecular weight is 431 g/mol. The Morgan fingerprint density at radius 1 is 1.11 bits per heavy atom. The van der Waals surface area contributed by atoms with Gasteiger partial charge in [0, 0.05) is 6.20 Å². The number of pyridine rings is 1. The summed E-state index contributed by atoms with van der Waals surface area (Å²) >= 11 is 3.02. The van der Waals surface area contributed by atoms with Crippen LogP contribution in [0.4, 0.5) is 10.1 Å². The first-order valence-corrected chi connectivity index (χ1v) is 8.29. The Kier molecular flexibility index (Phi) is 4.00. The van der Waals surface area contributed by atoms with Gasteiger partial charge in [-0.3, -0.25) is 19.5 Å². The molecule has 0 bridgehead atoms. The van der Waals surface area contributed by atoms with Crippen molar-refractivity contribution in [3.63, 3.8) is 0 Å². The number of benzene rings is 1. The molecule has 0 saturated heterocycles. The van der Waals surface area contributed by atoms with Crippen LogP contribution < -0.4 is 5.43 Å². The van der Waals surface area contributed by atoms with Crippen molar-refractivity contribution in [2.75, 3.05) is 0 Å². The number of hydrogen-bond donors (Lipinski definition) is 0. The van der Waals surface area contributed by atoms with Crippen molar-refractivity contribution < 1.29 is 9.31 Å². The molecule has 134 valence electrons. The molecular formula is C16H8BrFN6O3. The first kappa shape index (κ1) is 17.0. The molecule has 0 aliphatic rings. The summed E-state index contributed by atoms with van der Waals surface area (Å²) in [7, 11) is 0. The molecule has 11 heteroatoms. The van der Waals surface area contributed by atoms with E-state index in [1.165, 1.54) is 21.3 Å². The number of nitro groups is 1. The van der Waals surface area contributed by atoms with Gasteiger partial charge in [0.15, 0.2) is 17.3 Å². The fourth-order valence-electron chi connectivity index (χ4n) is 2.52. The first-order valence-electron chi connectivity index (χ1n) is 7.49. The Morgan fingerprint density at radius 2 is 1.89 bits per heavy atom. The zero-order valence-electron chi connectivity index (χ0n) is 13.3. The van der Waals surface area contributed by atoms with E-state index in [0.717, 1.165) is 6.20 Å². The predicted molar refractivity (Wildman–Crippen MR) is 96.1 cm³/mol. The van der Waals surface area contributed by atoms with Crippen molar-refractivity contribution in [2.45, 2.75) is 0 Å². The van der Waals surface area contributed by atoms with Gasteiger partial charge in [-0.1, -0.05) is 12.1 Å². The summed E-state index contributed by atoms with van der Waals surface area (Å²) in [5, 5.41) is 23.4. The van der Waals surface area contributed by atoms with E-state index in [1.807, 2.05) is 0 Å². The lowest BCUT2D eigenvalue weighted by molar-refractivity contribution is -0.386. The van der Waals surface area contributed by atoms with Crippen LogP contribution in [0.15, 0.2) is 58.1 Å². The smallest absolute Gasteiger partial charge is 0.299 e. The number of hydrogen-bond acceptors (Lipinski definition) is 6.